The van der Waals surface area contributed by atoms with Gasteiger partial charge in [0, 0.05) is 0 Å². The van der Waals surface area contributed by atoms with Gasteiger partial charge in [-0.15, -0.1) is 0 Å². The summed E-state index contributed by atoms with van der Waals surface area (Å²) in [5.41, 5.74) is -0.393. The van der Waals surface area contributed by atoms with Crippen LogP contribution >= 0.6 is 11.6 Å². The number of benzene rings is 1. The van der Waals surface area contributed by atoms with E-state index in [1.54, 1.807) is 13.0 Å². The summed E-state index contributed by atoms with van der Waals surface area (Å²) in [5.74, 6) is 0. The topological polar surface area (TPSA) is 70.0 Å². The van der Waals surface area contributed by atoms with Crippen LogP contribution in [0, 0.1) is 18.3 Å². The molecule has 0 saturated carbocycles. The van der Waals surface area contributed by atoms with Crippen LogP contribution in [0.2, 0.25) is 5.02 Å². The number of hydrogen-bond acceptors (Lipinski definition) is 3. The van der Waals surface area contributed by atoms with Gasteiger partial charge in [0.2, 0.25) is 10.0 Å². The van der Waals surface area contributed by atoms with Crippen molar-refractivity contribution in [1.29, 1.82) is 5.26 Å². The minimum atomic E-state index is -3.79. The van der Waals surface area contributed by atoms with Crippen LogP contribution < -0.4 is 4.72 Å². The van der Waals surface area contributed by atoms with Gasteiger partial charge in [-0.1, -0.05) is 17.7 Å². The highest BCUT2D eigenvalue weighted by atomic mass is 35.5. The zero-order valence-corrected chi connectivity index (χ0v) is 11.4. The van der Waals surface area contributed by atoms with Crippen molar-refractivity contribution >= 4 is 21.6 Å². The molecule has 0 aromatic heterocycles. The van der Waals surface area contributed by atoms with Crippen molar-refractivity contribution in [2.75, 3.05) is 0 Å². The Balaban J connectivity index is 3.24. The van der Waals surface area contributed by atoms with Crippen LogP contribution in [-0.4, -0.2) is 14.0 Å². The van der Waals surface area contributed by atoms with E-state index in [0.29, 0.717) is 0 Å². The van der Waals surface area contributed by atoms with Crippen LogP contribution in [0.5, 0.6) is 0 Å². The molecule has 0 fully saturated rings. The zero-order chi connectivity index (χ0) is 13.3. The number of halogens is 1. The molecule has 0 saturated heterocycles. The average Bonchev–Trinajstić information content (AvgIpc) is 2.20. The van der Waals surface area contributed by atoms with Crippen molar-refractivity contribution in [2.45, 2.75) is 31.2 Å². The molecule has 0 heterocycles. The van der Waals surface area contributed by atoms with Crippen molar-refractivity contribution in [1.82, 2.24) is 4.72 Å². The van der Waals surface area contributed by atoms with Crippen LogP contribution in [0.3, 0.4) is 0 Å². The lowest BCUT2D eigenvalue weighted by atomic mass is 10.1. The first-order valence-corrected chi connectivity index (χ1v) is 6.75. The van der Waals surface area contributed by atoms with E-state index in [9.17, 15) is 8.42 Å². The fourth-order valence-corrected chi connectivity index (χ4v) is 3.15. The Labute approximate surface area is 106 Å². The van der Waals surface area contributed by atoms with E-state index < -0.39 is 15.6 Å². The van der Waals surface area contributed by atoms with Crippen molar-refractivity contribution in [3.05, 3.63) is 28.8 Å². The first kappa shape index (κ1) is 14.0. The summed E-state index contributed by atoms with van der Waals surface area (Å²) < 4.78 is 26.4. The number of hydrogen-bond donors (Lipinski definition) is 1. The lowest BCUT2D eigenvalue weighted by Crippen LogP contribution is -2.42. The normalized spacial score (nSPS) is 12.2. The highest BCUT2D eigenvalue weighted by molar-refractivity contribution is 7.89. The molecule has 92 valence electrons. The number of aryl methyl sites for hydroxylation is 1. The number of nitriles is 1. The van der Waals surface area contributed by atoms with Crippen molar-refractivity contribution < 1.29 is 8.42 Å². The highest BCUT2D eigenvalue weighted by Gasteiger charge is 2.27. The van der Waals surface area contributed by atoms with E-state index in [1.807, 2.05) is 6.07 Å². The molecule has 0 aliphatic rings. The molecule has 1 aromatic rings. The second-order valence-corrected chi connectivity index (χ2v) is 6.33. The van der Waals surface area contributed by atoms with Crippen LogP contribution in [0.4, 0.5) is 0 Å². The van der Waals surface area contributed by atoms with Gasteiger partial charge in [0.25, 0.3) is 0 Å². The molecule has 0 atom stereocenters. The van der Waals surface area contributed by atoms with Gasteiger partial charge in [-0.3, -0.25) is 0 Å². The van der Waals surface area contributed by atoms with E-state index >= 15 is 0 Å². The van der Waals surface area contributed by atoms with Crippen LogP contribution in [0.1, 0.15) is 19.4 Å². The Morgan fingerprint density at radius 3 is 2.53 bits per heavy atom. The largest absolute Gasteiger partial charge is 0.243 e. The molecule has 0 bridgehead atoms. The standard InChI is InChI=1S/C11H13ClN2O2S/c1-8-4-5-9(12)10(6-8)17(15,16)14-11(2,3)7-13/h4-6,14H,1-3H3. The third-order valence-corrected chi connectivity index (χ3v) is 4.18. The molecule has 17 heavy (non-hydrogen) atoms. The maximum atomic E-state index is 12.0. The second-order valence-electron chi connectivity index (χ2n) is 4.28. The molecule has 4 nitrogen and oxygen atoms in total. The van der Waals surface area contributed by atoms with Crippen molar-refractivity contribution in [3.8, 4) is 6.07 Å². The Bertz CT molecular complexity index is 574. The molecule has 0 unspecified atom stereocenters. The summed E-state index contributed by atoms with van der Waals surface area (Å²) in [4.78, 5) is -0.0116. The number of rotatable bonds is 3. The first-order chi connectivity index (χ1) is 7.68. The van der Waals surface area contributed by atoms with Gasteiger partial charge in [0.1, 0.15) is 10.4 Å². The van der Waals surface area contributed by atoms with Gasteiger partial charge in [-0.2, -0.15) is 9.98 Å². The molecule has 0 radical (unpaired) electrons. The van der Waals surface area contributed by atoms with E-state index in [0.717, 1.165) is 5.56 Å². The predicted octanol–water partition coefficient (Wildman–Crippen LogP) is 2.23. The summed E-state index contributed by atoms with van der Waals surface area (Å²) in [6.07, 6.45) is 0. The maximum absolute atomic E-state index is 12.0. The smallest absolute Gasteiger partial charge is 0.207 e. The summed E-state index contributed by atoms with van der Waals surface area (Å²) >= 11 is 5.85. The third-order valence-electron chi connectivity index (χ3n) is 2.05. The van der Waals surface area contributed by atoms with Crippen molar-refractivity contribution in [2.24, 2.45) is 0 Å². The Morgan fingerprint density at radius 2 is 2.00 bits per heavy atom. The lowest BCUT2D eigenvalue weighted by molar-refractivity contribution is 0.535. The molecule has 0 amide bonds. The monoisotopic (exact) mass is 272 g/mol. The van der Waals surface area contributed by atoms with E-state index in [2.05, 4.69) is 4.72 Å². The number of nitrogens with one attached hydrogen (secondary N) is 1. The molecule has 0 aliphatic heterocycles. The first-order valence-electron chi connectivity index (χ1n) is 4.89. The summed E-state index contributed by atoms with van der Waals surface area (Å²) in [6.45, 7) is 4.73. The molecular formula is C11H13ClN2O2S. The van der Waals surface area contributed by atoms with Gasteiger partial charge < -0.3 is 0 Å². The van der Waals surface area contributed by atoms with E-state index in [4.69, 9.17) is 16.9 Å². The summed E-state index contributed by atoms with van der Waals surface area (Å²) in [6, 6.07) is 6.58. The maximum Gasteiger partial charge on any atom is 0.243 e. The van der Waals surface area contributed by atoms with E-state index in [-0.39, 0.29) is 9.92 Å². The van der Waals surface area contributed by atoms with Crippen LogP contribution in [-0.2, 0) is 10.0 Å². The van der Waals surface area contributed by atoms with Gasteiger partial charge in [0.15, 0.2) is 0 Å². The third kappa shape index (κ3) is 3.43. The Hall–Kier alpha value is -1.09. The van der Waals surface area contributed by atoms with E-state index in [1.165, 1.54) is 26.0 Å². The van der Waals surface area contributed by atoms with Crippen LogP contribution in [0.25, 0.3) is 0 Å². The Kier molecular flexibility index (Phi) is 3.82. The quantitative estimate of drug-likeness (QED) is 0.917. The minimum absolute atomic E-state index is 0.0116. The average molecular weight is 273 g/mol. The molecule has 6 heteroatoms. The molecule has 0 aliphatic carbocycles. The number of sulfonamides is 1. The van der Waals surface area contributed by atoms with Gasteiger partial charge >= 0.3 is 0 Å². The molecule has 1 rings (SSSR count). The number of nitrogens with zero attached hydrogens (tertiary/aromatic N) is 1. The van der Waals surface area contributed by atoms with Gasteiger partial charge in [0.05, 0.1) is 11.1 Å². The fraction of sp³-hybridized carbons (Fsp3) is 0.364. The molecule has 0 spiro atoms. The summed E-state index contributed by atoms with van der Waals surface area (Å²) in [7, 11) is -3.79. The Morgan fingerprint density at radius 1 is 1.41 bits per heavy atom. The molecular weight excluding hydrogens is 260 g/mol. The highest BCUT2D eigenvalue weighted by Crippen LogP contribution is 2.23. The predicted molar refractivity (Wildman–Crippen MR) is 66.2 cm³/mol. The van der Waals surface area contributed by atoms with Crippen LogP contribution in [0.15, 0.2) is 23.1 Å². The SMILES string of the molecule is Cc1ccc(Cl)c(S(=O)(=O)NC(C)(C)C#N)c1. The van der Waals surface area contributed by atoms with Gasteiger partial charge in [-0.05, 0) is 38.5 Å². The zero-order valence-electron chi connectivity index (χ0n) is 9.78. The minimum Gasteiger partial charge on any atom is -0.207 e. The fourth-order valence-electron chi connectivity index (χ4n) is 1.23. The molecule has 1 N–H and O–H groups in total. The molecule has 1 aromatic carbocycles. The van der Waals surface area contributed by atoms with Crippen molar-refractivity contribution in [3.63, 3.8) is 0 Å². The summed E-state index contributed by atoms with van der Waals surface area (Å²) in [5, 5.41) is 8.95. The lowest BCUT2D eigenvalue weighted by Gasteiger charge is -2.18. The van der Waals surface area contributed by atoms with Gasteiger partial charge in [-0.25, -0.2) is 8.42 Å². The second kappa shape index (κ2) is 4.65.